The molecule has 0 aromatic heterocycles. The van der Waals surface area contributed by atoms with Gasteiger partial charge in [-0.05, 0) is 49.7 Å². The third-order valence-corrected chi connectivity index (χ3v) is 4.88. The molecule has 2 aromatic carbocycles. The Kier molecular flexibility index (Phi) is 11.4. The minimum Gasteiger partial charge on any atom is -0.481 e. The molecule has 0 heterocycles. The molecule has 2 atom stereocenters. The van der Waals surface area contributed by atoms with Crippen LogP contribution in [0.2, 0.25) is 0 Å². The van der Waals surface area contributed by atoms with Crippen molar-refractivity contribution in [1.82, 2.24) is 0 Å². The lowest BCUT2D eigenvalue weighted by Crippen LogP contribution is -2.18. The van der Waals surface area contributed by atoms with Gasteiger partial charge in [0.25, 0.3) is 0 Å². The lowest BCUT2D eigenvalue weighted by Gasteiger charge is -2.17. The number of hydrogen-bond donors (Lipinski definition) is 2. The van der Waals surface area contributed by atoms with Crippen LogP contribution in [0.4, 0.5) is 0 Å². The van der Waals surface area contributed by atoms with E-state index < -0.39 is 17.9 Å². The van der Waals surface area contributed by atoms with E-state index in [0.717, 1.165) is 5.56 Å². The molecule has 0 aliphatic heterocycles. The van der Waals surface area contributed by atoms with Gasteiger partial charge < -0.3 is 10.2 Å². The van der Waals surface area contributed by atoms with E-state index in [1.54, 1.807) is 6.92 Å². The predicted octanol–water partition coefficient (Wildman–Crippen LogP) is 5.77. The molecule has 0 saturated carbocycles. The van der Waals surface area contributed by atoms with E-state index in [-0.39, 0.29) is 12.3 Å². The van der Waals surface area contributed by atoms with Gasteiger partial charge in [0.1, 0.15) is 0 Å². The van der Waals surface area contributed by atoms with E-state index in [4.69, 9.17) is 10.2 Å². The number of carboxylic acids is 2. The van der Waals surface area contributed by atoms with Crippen molar-refractivity contribution in [2.45, 2.75) is 59.3 Å². The van der Waals surface area contributed by atoms with Gasteiger partial charge in [0.05, 0.1) is 5.92 Å². The summed E-state index contributed by atoms with van der Waals surface area (Å²) in [7, 11) is 0. The summed E-state index contributed by atoms with van der Waals surface area (Å²) in [4.78, 5) is 21.6. The summed E-state index contributed by atoms with van der Waals surface area (Å²) in [6, 6.07) is 18.4. The highest BCUT2D eigenvalue weighted by Gasteiger charge is 2.20. The summed E-state index contributed by atoms with van der Waals surface area (Å²) in [6.45, 7) is 5.97. The Morgan fingerprint density at radius 3 is 2.07 bits per heavy atom. The normalized spacial score (nSPS) is 12.4. The first kappa shape index (κ1) is 24.4. The van der Waals surface area contributed by atoms with Crippen molar-refractivity contribution in [3.63, 3.8) is 0 Å². The van der Waals surface area contributed by atoms with Gasteiger partial charge in [0.15, 0.2) is 0 Å². The zero-order valence-electron chi connectivity index (χ0n) is 17.8. The molecule has 2 N–H and O–H groups in total. The Hall–Kier alpha value is -2.62. The third-order valence-electron chi connectivity index (χ3n) is 4.88. The maximum atomic E-state index is 10.8. The average Bonchev–Trinajstić information content (AvgIpc) is 2.68. The van der Waals surface area contributed by atoms with Gasteiger partial charge in [-0.1, -0.05) is 80.4 Å². The van der Waals surface area contributed by atoms with Crippen LogP contribution >= 0.6 is 0 Å². The van der Waals surface area contributed by atoms with Gasteiger partial charge in [-0.25, -0.2) is 0 Å². The summed E-state index contributed by atoms with van der Waals surface area (Å²) < 4.78 is 0. The topological polar surface area (TPSA) is 74.6 Å². The highest BCUT2D eigenvalue weighted by molar-refractivity contribution is 5.70. The van der Waals surface area contributed by atoms with E-state index in [1.165, 1.54) is 30.4 Å². The summed E-state index contributed by atoms with van der Waals surface area (Å²) in [6.07, 6.45) is 4.82. The Morgan fingerprint density at radius 1 is 0.931 bits per heavy atom. The number of hydrogen-bond acceptors (Lipinski definition) is 2. The van der Waals surface area contributed by atoms with Crippen LogP contribution in [-0.2, 0) is 22.4 Å². The highest BCUT2D eigenvalue weighted by atomic mass is 16.4. The Morgan fingerprint density at radius 2 is 1.55 bits per heavy atom. The van der Waals surface area contributed by atoms with E-state index in [0.29, 0.717) is 12.8 Å². The molecule has 0 amide bonds. The van der Waals surface area contributed by atoms with E-state index >= 15 is 0 Å². The molecule has 4 heteroatoms. The first-order valence-corrected chi connectivity index (χ1v) is 10.4. The maximum Gasteiger partial charge on any atom is 0.306 e. The molecule has 0 bridgehead atoms. The molecule has 0 radical (unpaired) electrons. The number of carbonyl (C=O) groups is 2. The van der Waals surface area contributed by atoms with Gasteiger partial charge in [-0.3, -0.25) is 9.59 Å². The van der Waals surface area contributed by atoms with Crippen LogP contribution in [-0.4, -0.2) is 22.2 Å². The average molecular weight is 399 g/mol. The number of rotatable bonds is 10. The van der Waals surface area contributed by atoms with Gasteiger partial charge >= 0.3 is 11.9 Å². The molecular weight excluding hydrogens is 364 g/mol. The lowest BCUT2D eigenvalue weighted by molar-refractivity contribution is -0.143. The smallest absolute Gasteiger partial charge is 0.306 e. The SMILES string of the molecule is CC(CC(CC(=O)O)Cc1ccccc1)C(=O)O.CCCCc1ccc(C)cc1. The molecule has 2 aromatic rings. The molecular formula is C25H34O4. The van der Waals surface area contributed by atoms with E-state index in [9.17, 15) is 9.59 Å². The molecule has 2 rings (SSSR count). The zero-order chi connectivity index (χ0) is 21.6. The molecule has 158 valence electrons. The second-order valence-electron chi connectivity index (χ2n) is 7.72. The van der Waals surface area contributed by atoms with Crippen molar-refractivity contribution in [2.24, 2.45) is 11.8 Å². The maximum absolute atomic E-state index is 10.8. The second-order valence-corrected chi connectivity index (χ2v) is 7.72. The quantitative estimate of drug-likeness (QED) is 0.533. The first-order valence-electron chi connectivity index (χ1n) is 10.4. The largest absolute Gasteiger partial charge is 0.481 e. The van der Waals surface area contributed by atoms with Crippen molar-refractivity contribution < 1.29 is 19.8 Å². The fraction of sp³-hybridized carbons (Fsp3) is 0.440. The summed E-state index contributed by atoms with van der Waals surface area (Å²) in [5, 5.41) is 17.7. The van der Waals surface area contributed by atoms with Crippen molar-refractivity contribution in [1.29, 1.82) is 0 Å². The lowest BCUT2D eigenvalue weighted by atomic mass is 9.88. The van der Waals surface area contributed by atoms with E-state index in [1.807, 2.05) is 30.3 Å². The van der Waals surface area contributed by atoms with Crippen LogP contribution in [0.1, 0.15) is 56.2 Å². The Labute approximate surface area is 174 Å². The second kappa shape index (κ2) is 13.5. The van der Waals surface area contributed by atoms with Gasteiger partial charge in [-0.15, -0.1) is 0 Å². The number of carboxylic acid groups (broad SMARTS) is 2. The van der Waals surface area contributed by atoms with Crippen LogP contribution in [0.15, 0.2) is 54.6 Å². The number of unbranched alkanes of at least 4 members (excludes halogenated alkanes) is 1. The van der Waals surface area contributed by atoms with Gasteiger partial charge in [0, 0.05) is 6.42 Å². The minimum atomic E-state index is -0.881. The molecule has 0 spiro atoms. The molecule has 4 nitrogen and oxygen atoms in total. The van der Waals surface area contributed by atoms with Gasteiger partial charge in [-0.2, -0.15) is 0 Å². The molecule has 29 heavy (non-hydrogen) atoms. The monoisotopic (exact) mass is 398 g/mol. The van der Waals surface area contributed by atoms with Crippen LogP contribution in [0.25, 0.3) is 0 Å². The molecule has 0 saturated heterocycles. The fourth-order valence-electron chi connectivity index (χ4n) is 3.17. The predicted molar refractivity (Wildman–Crippen MR) is 117 cm³/mol. The molecule has 2 unspecified atom stereocenters. The van der Waals surface area contributed by atoms with Crippen LogP contribution < -0.4 is 0 Å². The van der Waals surface area contributed by atoms with Crippen LogP contribution in [0.3, 0.4) is 0 Å². The zero-order valence-corrected chi connectivity index (χ0v) is 17.8. The first-order chi connectivity index (χ1) is 13.8. The Balaban J connectivity index is 0.000000326. The van der Waals surface area contributed by atoms with Gasteiger partial charge in [0.2, 0.25) is 0 Å². The van der Waals surface area contributed by atoms with Crippen molar-refractivity contribution in [3.05, 3.63) is 71.3 Å². The fourth-order valence-corrected chi connectivity index (χ4v) is 3.17. The van der Waals surface area contributed by atoms with Crippen molar-refractivity contribution in [2.75, 3.05) is 0 Å². The third kappa shape index (κ3) is 11.1. The summed E-state index contributed by atoms with van der Waals surface area (Å²) in [5.41, 5.74) is 3.86. The molecule has 0 aliphatic rings. The number of benzene rings is 2. The standard InChI is InChI=1S/C14H18O4.C11H16/c1-10(14(17)18)7-12(9-13(15)16)8-11-5-3-2-4-6-11;1-3-4-5-11-8-6-10(2)7-9-11/h2-6,10,12H,7-9H2,1H3,(H,15,16)(H,17,18);6-9H,3-5H2,1-2H3. The number of aliphatic carboxylic acids is 2. The van der Waals surface area contributed by atoms with Crippen molar-refractivity contribution in [3.8, 4) is 0 Å². The number of aryl methyl sites for hydroxylation is 2. The highest BCUT2D eigenvalue weighted by Crippen LogP contribution is 2.21. The van der Waals surface area contributed by atoms with E-state index in [2.05, 4.69) is 38.1 Å². The van der Waals surface area contributed by atoms with Crippen molar-refractivity contribution >= 4 is 11.9 Å². The molecule has 0 aliphatic carbocycles. The van der Waals surface area contributed by atoms with Crippen LogP contribution in [0, 0.1) is 18.8 Å². The molecule has 0 fully saturated rings. The minimum absolute atomic E-state index is 0.00646. The van der Waals surface area contributed by atoms with Crippen LogP contribution in [0.5, 0.6) is 0 Å². The Bertz CT molecular complexity index is 722. The summed E-state index contributed by atoms with van der Waals surface area (Å²) in [5.74, 6) is -2.42. The summed E-state index contributed by atoms with van der Waals surface area (Å²) >= 11 is 0.